The number of rotatable bonds is 13. The van der Waals surface area contributed by atoms with Crippen LogP contribution in [0.3, 0.4) is 0 Å². The van der Waals surface area contributed by atoms with Crippen molar-refractivity contribution in [2.75, 3.05) is 31.2 Å². The van der Waals surface area contributed by atoms with Crippen LogP contribution in [0.2, 0.25) is 0 Å². The first kappa shape index (κ1) is 44.5. The Labute approximate surface area is 363 Å². The van der Waals surface area contributed by atoms with E-state index >= 15 is 0 Å². The van der Waals surface area contributed by atoms with Crippen molar-refractivity contribution >= 4 is 78.7 Å². The predicted molar refractivity (Wildman–Crippen MR) is 237 cm³/mol. The van der Waals surface area contributed by atoms with Gasteiger partial charge in [0.05, 0.1) is 56.5 Å². The van der Waals surface area contributed by atoms with Crippen LogP contribution in [-0.4, -0.2) is 57.7 Å². The molecule has 0 atom stereocenters. The van der Waals surface area contributed by atoms with Crippen molar-refractivity contribution in [3.63, 3.8) is 0 Å². The van der Waals surface area contributed by atoms with Crippen molar-refractivity contribution in [2.45, 2.75) is 45.4 Å². The minimum atomic E-state index is -0.775. The molecule has 0 saturated carbocycles. The first-order valence-corrected chi connectivity index (χ1v) is 20.2. The lowest BCUT2D eigenvalue weighted by Crippen LogP contribution is -2.29. The number of ether oxygens (including phenoxy) is 2. The van der Waals surface area contributed by atoms with Gasteiger partial charge in [0.2, 0.25) is 5.69 Å². The Morgan fingerprint density at radius 2 is 1.42 bits per heavy atom. The van der Waals surface area contributed by atoms with Crippen LogP contribution in [0.1, 0.15) is 65.1 Å². The first-order chi connectivity index (χ1) is 28.3. The molecule has 304 valence electrons. The Bertz CT molecular complexity index is 2340. The monoisotopic (exact) mass is 925 g/mol. The van der Waals surface area contributed by atoms with Crippen LogP contribution >= 0.6 is 34.8 Å². The summed E-state index contributed by atoms with van der Waals surface area (Å²) in [5.74, 6) is -0.712. The Morgan fingerprint density at radius 1 is 0.814 bits per heavy atom. The van der Waals surface area contributed by atoms with Crippen LogP contribution in [0.15, 0.2) is 138 Å². The number of nitrogens with zero attached hydrogens (tertiary/aromatic N) is 3. The smallest absolute Gasteiger partial charge is 0.399 e. The van der Waals surface area contributed by atoms with E-state index in [0.29, 0.717) is 29.9 Å². The second-order valence-corrected chi connectivity index (χ2v) is 15.6. The van der Waals surface area contributed by atoms with Crippen molar-refractivity contribution in [1.29, 1.82) is 0 Å². The molecule has 2 aliphatic rings. The van der Waals surface area contributed by atoms with Gasteiger partial charge in [-0.1, -0.05) is 86.2 Å². The highest BCUT2D eigenvalue weighted by molar-refractivity contribution is 14.1. The number of benzene rings is 4. The number of thiocarbonyl (C=S) groups is 1. The number of carbonyl (C=O) groups excluding carboxylic acids is 3. The number of para-hydroxylation sites is 2. The summed E-state index contributed by atoms with van der Waals surface area (Å²) in [4.78, 5) is 44.6. The van der Waals surface area contributed by atoms with Gasteiger partial charge < -0.3 is 19.6 Å². The maximum absolute atomic E-state index is 12.8. The average molecular weight is 926 g/mol. The van der Waals surface area contributed by atoms with E-state index in [2.05, 4.69) is 130 Å². The van der Waals surface area contributed by atoms with Crippen LogP contribution in [0.4, 0.5) is 21.9 Å². The molecular formula is C46H44IN3O8S. The van der Waals surface area contributed by atoms with Crippen molar-refractivity contribution in [3.8, 4) is 0 Å². The van der Waals surface area contributed by atoms with Crippen molar-refractivity contribution in [2.24, 2.45) is 4.99 Å². The molecule has 4 aromatic rings. The molecule has 0 spiro atoms. The lowest BCUT2D eigenvalue weighted by Gasteiger charge is -2.26. The normalized spacial score (nSPS) is 15.3. The number of fused-ring (bicyclic) bond motifs is 2. The lowest BCUT2D eigenvalue weighted by molar-refractivity contribution is -0.784. The molecule has 0 bridgehead atoms. The van der Waals surface area contributed by atoms with E-state index in [4.69, 9.17) is 14.7 Å². The van der Waals surface area contributed by atoms with Crippen molar-refractivity contribution < 1.29 is 43.6 Å². The number of carbonyl (C=O) groups is 3. The number of hydrogen-bond acceptors (Lipinski definition) is 11. The van der Waals surface area contributed by atoms with E-state index in [9.17, 15) is 14.4 Å². The summed E-state index contributed by atoms with van der Waals surface area (Å²) in [5, 5.41) is 13.8. The van der Waals surface area contributed by atoms with E-state index in [0.717, 1.165) is 28.3 Å². The van der Waals surface area contributed by atoms with Gasteiger partial charge in [-0.2, -0.15) is 9.57 Å². The summed E-state index contributed by atoms with van der Waals surface area (Å²) in [6.45, 7) is 12.4. The van der Waals surface area contributed by atoms with Crippen LogP contribution in [0.5, 0.6) is 0 Å². The van der Waals surface area contributed by atoms with E-state index in [-0.39, 0.29) is 30.0 Å². The Kier molecular flexibility index (Phi) is 15.4. The van der Waals surface area contributed by atoms with Crippen molar-refractivity contribution in [3.05, 3.63) is 161 Å². The second-order valence-electron chi connectivity index (χ2n) is 14.5. The highest BCUT2D eigenvalue weighted by atomic mass is 127. The highest BCUT2D eigenvalue weighted by Crippen LogP contribution is 2.47. The van der Waals surface area contributed by atoms with Crippen LogP contribution in [0.25, 0.3) is 0 Å². The third kappa shape index (κ3) is 10.9. The van der Waals surface area contributed by atoms with E-state index in [1.807, 2.05) is 37.3 Å². The molecule has 59 heavy (non-hydrogen) atoms. The Morgan fingerprint density at radius 3 is 2.05 bits per heavy atom. The minimum Gasteiger partial charge on any atom is -0.681 e. The van der Waals surface area contributed by atoms with E-state index in [1.165, 1.54) is 33.7 Å². The second kappa shape index (κ2) is 20.4. The van der Waals surface area contributed by atoms with Crippen LogP contribution in [-0.2, 0) is 30.2 Å². The fourth-order valence-corrected chi connectivity index (χ4v) is 7.37. The van der Waals surface area contributed by atoms with Gasteiger partial charge in [-0.25, -0.2) is 19.4 Å². The molecule has 0 unspecified atom stereocenters. The molecule has 0 radical (unpaired) electrons. The number of allylic oxidation sites excluding steroid dienone is 6. The number of halogens is 1. The predicted octanol–water partition coefficient (Wildman–Crippen LogP) is 9.38. The summed E-state index contributed by atoms with van der Waals surface area (Å²) in [5.41, 5.74) is 9.14. The number of aryl methyl sites for hydroxylation is 1. The third-order valence-electron chi connectivity index (χ3n) is 10.1. The van der Waals surface area contributed by atoms with Gasteiger partial charge in [0.1, 0.15) is 6.61 Å². The summed E-state index contributed by atoms with van der Waals surface area (Å²) < 4.78 is 12.9. The van der Waals surface area contributed by atoms with Gasteiger partial charge >= 0.3 is 15.9 Å². The molecule has 0 aliphatic carbocycles. The fourth-order valence-electron chi connectivity index (χ4n) is 7.19. The van der Waals surface area contributed by atoms with Gasteiger partial charge in [-0.3, -0.25) is 4.89 Å². The maximum atomic E-state index is 12.8. The molecule has 2 heterocycles. The number of aliphatic imine (C=N–C) groups is 1. The zero-order valence-corrected chi connectivity index (χ0v) is 36.3. The first-order valence-electron chi connectivity index (χ1n) is 18.7. The van der Waals surface area contributed by atoms with Crippen LogP contribution < -0.4 is 10.2 Å². The fraction of sp³-hybridized carbons (Fsp3) is 0.239. The maximum Gasteiger partial charge on any atom is 0.399 e. The zero-order valence-electron chi connectivity index (χ0n) is 33.3. The van der Waals surface area contributed by atoms with E-state index in [1.54, 1.807) is 36.4 Å². The molecule has 0 fully saturated rings. The van der Waals surface area contributed by atoms with Crippen LogP contribution in [0, 0.1) is 6.92 Å². The largest absolute Gasteiger partial charge is 0.681 e. The summed E-state index contributed by atoms with van der Waals surface area (Å²) in [6.07, 6.45) is 10.5. The molecule has 6 rings (SSSR count). The number of hydrogen-bond donors (Lipinski definition) is 0. The number of anilines is 1. The van der Waals surface area contributed by atoms with Gasteiger partial charge in [-0.15, -0.1) is 0 Å². The topological polar surface area (TPSA) is 130 Å². The lowest BCUT2D eigenvalue weighted by atomic mass is 9.81. The quantitative estimate of drug-likeness (QED) is 0.0147. The highest BCUT2D eigenvalue weighted by Gasteiger charge is 2.44. The molecule has 0 saturated heterocycles. The van der Waals surface area contributed by atoms with Crippen molar-refractivity contribution in [1.82, 2.24) is 0 Å². The van der Waals surface area contributed by atoms with E-state index < -0.39 is 9.95 Å². The number of esters is 2. The molecule has 0 amide bonds. The Hall–Kier alpha value is -5.57. The molecular weight excluding hydrogens is 881 g/mol. The van der Waals surface area contributed by atoms with Gasteiger partial charge in [-0.05, 0) is 87.1 Å². The molecule has 4 aromatic carbocycles. The minimum absolute atomic E-state index is 0.216. The zero-order chi connectivity index (χ0) is 42.6. The van der Waals surface area contributed by atoms with Gasteiger partial charge in [0.15, 0.2) is 18.9 Å². The standard InChI is InChI=1S/C45H44N3O4S.CHIO4/c1-32-19-21-33(22-20-32)42(49)51-29-27-47-38-15-11-9-13-36(38)44(2,3)40(47)17-7-6-8-18-41-45(4,5)37-14-10-12-16-39(37)48(41)28-30-52-43(50)34-23-25-35(26-24-34)46-31-53;2-1(3)5-6-4/h6-26H,27-30H2,1-5H3;4H/q+1;/p-1. The average Bonchev–Trinajstić information content (AvgIpc) is 3.56. The molecule has 11 nitrogen and oxygen atoms in total. The summed E-state index contributed by atoms with van der Waals surface area (Å²) in [7, 11) is 0. The SMILES string of the molecule is Cc1ccc(C(=O)OCCN2/C(=C/C=C/C=C/C3=[N+](CCOC(=O)c4ccc(N=C=S)cc4)c4ccccc4C3(C)C)C(C)(C)c3ccccc32)cc1.O=C(I)OO[O-]. The molecule has 2 aliphatic heterocycles. The molecule has 0 N–H and O–H groups in total. The summed E-state index contributed by atoms with van der Waals surface area (Å²) >= 11 is 5.92. The Balaban J connectivity index is 0.00000102. The van der Waals surface area contributed by atoms with Gasteiger partial charge in [0, 0.05) is 34.5 Å². The molecule has 13 heteroatoms. The molecule has 0 aromatic heterocycles. The van der Waals surface area contributed by atoms with Gasteiger partial charge in [0.25, 0.3) is 0 Å². The number of isothiocyanates is 1. The third-order valence-corrected chi connectivity index (χ3v) is 10.4. The summed E-state index contributed by atoms with van der Waals surface area (Å²) in [6, 6.07) is 31.0.